The van der Waals surface area contributed by atoms with Crippen LogP contribution in [0.25, 0.3) is 0 Å². The van der Waals surface area contributed by atoms with E-state index in [-0.39, 0.29) is 12.3 Å². The number of amides is 1. The molecule has 132 valence electrons. The van der Waals surface area contributed by atoms with E-state index in [1.54, 1.807) is 4.68 Å². The molecule has 1 saturated carbocycles. The topological polar surface area (TPSA) is 75.4 Å². The van der Waals surface area contributed by atoms with Gasteiger partial charge in [0.15, 0.2) is 0 Å². The standard InChI is InChI=1S/C18H27N3O3/c1-20-16(12-15(19-20)14-4-2-3-5-14)18(24)21-10-8-13(9-11-21)6-7-17(22)23/h12-14H,2-11H2,1H3,(H,22,23). The second-order valence-electron chi connectivity index (χ2n) is 7.23. The zero-order valence-corrected chi connectivity index (χ0v) is 14.4. The maximum absolute atomic E-state index is 12.8. The van der Waals surface area contributed by atoms with Crippen LogP contribution in [0.3, 0.4) is 0 Å². The predicted molar refractivity (Wildman–Crippen MR) is 89.9 cm³/mol. The molecule has 0 atom stereocenters. The average molecular weight is 333 g/mol. The van der Waals surface area contributed by atoms with Crippen LogP contribution in [0.1, 0.15) is 73.5 Å². The first-order chi connectivity index (χ1) is 11.5. The van der Waals surface area contributed by atoms with Crippen LogP contribution in [-0.2, 0) is 11.8 Å². The second kappa shape index (κ2) is 7.36. The lowest BCUT2D eigenvalue weighted by molar-refractivity contribution is -0.137. The number of piperidine rings is 1. The molecule has 0 spiro atoms. The molecule has 2 fully saturated rings. The molecule has 1 aliphatic carbocycles. The Kier molecular flexibility index (Phi) is 5.21. The number of carbonyl (C=O) groups excluding carboxylic acids is 1. The number of carbonyl (C=O) groups is 2. The molecule has 0 unspecified atom stereocenters. The number of aliphatic carboxylic acids is 1. The molecule has 6 heteroatoms. The lowest BCUT2D eigenvalue weighted by Gasteiger charge is -2.31. The second-order valence-corrected chi connectivity index (χ2v) is 7.23. The fraction of sp³-hybridized carbons (Fsp3) is 0.722. The molecule has 1 aromatic rings. The van der Waals surface area contributed by atoms with Crippen LogP contribution in [0.15, 0.2) is 6.07 Å². The maximum Gasteiger partial charge on any atom is 0.303 e. The number of rotatable bonds is 5. The van der Waals surface area contributed by atoms with E-state index < -0.39 is 5.97 Å². The van der Waals surface area contributed by atoms with Crippen LogP contribution in [0, 0.1) is 5.92 Å². The van der Waals surface area contributed by atoms with Crippen molar-refractivity contribution in [2.24, 2.45) is 13.0 Å². The molecule has 1 N–H and O–H groups in total. The fourth-order valence-corrected chi connectivity index (χ4v) is 4.02. The van der Waals surface area contributed by atoms with Gasteiger partial charge in [-0.1, -0.05) is 12.8 Å². The summed E-state index contributed by atoms with van der Waals surface area (Å²) in [5.41, 5.74) is 1.75. The Morgan fingerprint density at radius 3 is 2.50 bits per heavy atom. The summed E-state index contributed by atoms with van der Waals surface area (Å²) in [6, 6.07) is 1.98. The summed E-state index contributed by atoms with van der Waals surface area (Å²) in [4.78, 5) is 25.4. The van der Waals surface area contributed by atoms with Crippen LogP contribution in [0.5, 0.6) is 0 Å². The number of aromatic nitrogens is 2. The summed E-state index contributed by atoms with van der Waals surface area (Å²) < 4.78 is 1.73. The highest BCUT2D eigenvalue weighted by molar-refractivity contribution is 5.92. The van der Waals surface area contributed by atoms with E-state index in [1.807, 2.05) is 18.0 Å². The van der Waals surface area contributed by atoms with Gasteiger partial charge >= 0.3 is 5.97 Å². The molecule has 6 nitrogen and oxygen atoms in total. The molecule has 2 heterocycles. The van der Waals surface area contributed by atoms with Crippen molar-refractivity contribution in [2.45, 2.75) is 57.3 Å². The van der Waals surface area contributed by atoms with Crippen molar-refractivity contribution in [3.05, 3.63) is 17.5 Å². The maximum atomic E-state index is 12.8. The minimum Gasteiger partial charge on any atom is -0.481 e. The van der Waals surface area contributed by atoms with E-state index in [9.17, 15) is 9.59 Å². The van der Waals surface area contributed by atoms with E-state index in [2.05, 4.69) is 5.10 Å². The Morgan fingerprint density at radius 1 is 1.21 bits per heavy atom. The molecule has 1 saturated heterocycles. The van der Waals surface area contributed by atoms with Crippen molar-refractivity contribution < 1.29 is 14.7 Å². The third kappa shape index (κ3) is 3.79. The molecule has 2 aliphatic rings. The first-order valence-corrected chi connectivity index (χ1v) is 9.09. The number of carboxylic acids is 1. The largest absolute Gasteiger partial charge is 0.481 e. The summed E-state index contributed by atoms with van der Waals surface area (Å²) >= 11 is 0. The van der Waals surface area contributed by atoms with E-state index in [0.29, 0.717) is 30.6 Å². The molecule has 3 rings (SSSR count). The lowest BCUT2D eigenvalue weighted by Crippen LogP contribution is -2.39. The highest BCUT2D eigenvalue weighted by atomic mass is 16.4. The van der Waals surface area contributed by atoms with Gasteiger partial charge in [0, 0.05) is 32.5 Å². The first-order valence-electron chi connectivity index (χ1n) is 9.09. The van der Waals surface area contributed by atoms with Gasteiger partial charge in [-0.15, -0.1) is 0 Å². The van der Waals surface area contributed by atoms with Gasteiger partial charge in [-0.3, -0.25) is 14.3 Å². The molecule has 0 aromatic carbocycles. The number of nitrogens with zero attached hydrogens (tertiary/aromatic N) is 3. The van der Waals surface area contributed by atoms with Crippen molar-refractivity contribution >= 4 is 11.9 Å². The Morgan fingerprint density at radius 2 is 1.88 bits per heavy atom. The minimum absolute atomic E-state index is 0.0610. The lowest BCUT2D eigenvalue weighted by atomic mass is 9.92. The molecule has 1 aliphatic heterocycles. The summed E-state index contributed by atoms with van der Waals surface area (Å²) in [6.45, 7) is 1.43. The van der Waals surface area contributed by atoms with Crippen LogP contribution in [-0.4, -0.2) is 44.8 Å². The van der Waals surface area contributed by atoms with Crippen LogP contribution in [0.4, 0.5) is 0 Å². The highest BCUT2D eigenvalue weighted by Gasteiger charge is 2.27. The molecule has 0 bridgehead atoms. The van der Waals surface area contributed by atoms with E-state index >= 15 is 0 Å². The Bertz CT molecular complexity index is 597. The van der Waals surface area contributed by atoms with Crippen LogP contribution >= 0.6 is 0 Å². The molecular weight excluding hydrogens is 306 g/mol. The van der Waals surface area contributed by atoms with Gasteiger partial charge in [0.05, 0.1) is 5.69 Å². The third-order valence-corrected chi connectivity index (χ3v) is 5.56. The zero-order chi connectivity index (χ0) is 17.1. The van der Waals surface area contributed by atoms with Crippen molar-refractivity contribution in [3.8, 4) is 0 Å². The SMILES string of the molecule is Cn1nc(C2CCCC2)cc1C(=O)N1CCC(CCC(=O)O)CC1. The number of aryl methyl sites for hydroxylation is 1. The number of carboxylic acid groups (broad SMARTS) is 1. The number of hydrogen-bond donors (Lipinski definition) is 1. The Balaban J connectivity index is 1.58. The van der Waals surface area contributed by atoms with Gasteiger partial charge in [0.1, 0.15) is 5.69 Å². The quantitative estimate of drug-likeness (QED) is 0.899. The normalized spacial score (nSPS) is 19.8. The van der Waals surface area contributed by atoms with Crippen LogP contribution in [0.2, 0.25) is 0 Å². The molecule has 1 aromatic heterocycles. The zero-order valence-electron chi connectivity index (χ0n) is 14.4. The predicted octanol–water partition coefficient (Wildman–Crippen LogP) is 2.79. The summed E-state index contributed by atoms with van der Waals surface area (Å²) in [7, 11) is 1.85. The van der Waals surface area contributed by atoms with Crippen molar-refractivity contribution in [3.63, 3.8) is 0 Å². The molecular formula is C18H27N3O3. The Labute approximate surface area is 142 Å². The van der Waals surface area contributed by atoms with Gasteiger partial charge in [-0.2, -0.15) is 5.10 Å². The summed E-state index contributed by atoms with van der Waals surface area (Å²) in [5, 5.41) is 13.4. The smallest absolute Gasteiger partial charge is 0.303 e. The van der Waals surface area contributed by atoms with Gasteiger partial charge in [0.25, 0.3) is 5.91 Å². The van der Waals surface area contributed by atoms with Crippen molar-refractivity contribution in [1.82, 2.24) is 14.7 Å². The number of likely N-dealkylation sites (tertiary alicyclic amines) is 1. The molecule has 24 heavy (non-hydrogen) atoms. The van der Waals surface area contributed by atoms with Gasteiger partial charge < -0.3 is 10.0 Å². The van der Waals surface area contributed by atoms with Crippen molar-refractivity contribution in [1.29, 1.82) is 0 Å². The molecule has 0 radical (unpaired) electrons. The monoisotopic (exact) mass is 333 g/mol. The van der Waals surface area contributed by atoms with Gasteiger partial charge in [-0.05, 0) is 44.1 Å². The van der Waals surface area contributed by atoms with Crippen molar-refractivity contribution in [2.75, 3.05) is 13.1 Å². The number of hydrogen-bond acceptors (Lipinski definition) is 3. The third-order valence-electron chi connectivity index (χ3n) is 5.56. The molecule has 1 amide bonds. The van der Waals surface area contributed by atoms with E-state index in [4.69, 9.17) is 5.11 Å². The first kappa shape index (κ1) is 17.0. The van der Waals surface area contributed by atoms with Gasteiger partial charge in [0.2, 0.25) is 0 Å². The van der Waals surface area contributed by atoms with Gasteiger partial charge in [-0.25, -0.2) is 0 Å². The van der Waals surface area contributed by atoms with Crippen LogP contribution < -0.4 is 0 Å². The average Bonchev–Trinajstić information content (AvgIpc) is 3.22. The Hall–Kier alpha value is -1.85. The minimum atomic E-state index is -0.733. The highest BCUT2D eigenvalue weighted by Crippen LogP contribution is 2.33. The van der Waals surface area contributed by atoms with E-state index in [0.717, 1.165) is 25.0 Å². The summed E-state index contributed by atoms with van der Waals surface area (Å²) in [5.74, 6) is 0.263. The van der Waals surface area contributed by atoms with E-state index in [1.165, 1.54) is 25.7 Å². The summed E-state index contributed by atoms with van der Waals surface area (Å²) in [6.07, 6.45) is 7.61. The fourth-order valence-electron chi connectivity index (χ4n) is 4.02.